The molecule has 6 nitrogen and oxygen atoms in total. The first-order valence-electron chi connectivity index (χ1n) is 18.0. The molecule has 1 atom stereocenters. The molecule has 0 spiro atoms. The van der Waals surface area contributed by atoms with Gasteiger partial charge < -0.3 is 15.4 Å². The third kappa shape index (κ3) is 11.9. The van der Waals surface area contributed by atoms with E-state index in [1.54, 1.807) is 37.3 Å². The number of benzene rings is 2. The molecule has 0 radical (unpaired) electrons. The van der Waals surface area contributed by atoms with Gasteiger partial charge in [0.25, 0.3) is 0 Å². The van der Waals surface area contributed by atoms with Crippen molar-refractivity contribution >= 4 is 22.7 Å². The van der Waals surface area contributed by atoms with E-state index in [1.807, 2.05) is 58.0 Å². The summed E-state index contributed by atoms with van der Waals surface area (Å²) in [4.78, 5) is 22.7. The maximum absolute atomic E-state index is 15.4. The highest BCUT2D eigenvalue weighted by atomic mass is 19.4. The summed E-state index contributed by atoms with van der Waals surface area (Å²) < 4.78 is 64.2. The van der Waals surface area contributed by atoms with Crippen LogP contribution in [0, 0.1) is 5.82 Å². The van der Waals surface area contributed by atoms with Crippen LogP contribution in [0.2, 0.25) is 0 Å². The highest BCUT2D eigenvalue weighted by Crippen LogP contribution is 2.36. The Bertz CT molecular complexity index is 1840. The van der Waals surface area contributed by atoms with Crippen molar-refractivity contribution in [3.05, 3.63) is 149 Å². The number of carbonyl (C=O) groups is 1. The highest BCUT2D eigenvalue weighted by Gasteiger charge is 2.33. The number of amides is 1. The van der Waals surface area contributed by atoms with Crippen molar-refractivity contribution in [1.29, 1.82) is 0 Å². The van der Waals surface area contributed by atoms with Gasteiger partial charge in [0, 0.05) is 35.5 Å². The van der Waals surface area contributed by atoms with Gasteiger partial charge in [0.1, 0.15) is 23.4 Å². The number of ether oxygens (including phenoxy) is 1. The van der Waals surface area contributed by atoms with E-state index < -0.39 is 29.5 Å². The van der Waals surface area contributed by atoms with Crippen molar-refractivity contribution in [2.24, 2.45) is 0 Å². The van der Waals surface area contributed by atoms with E-state index in [9.17, 15) is 18.0 Å². The minimum atomic E-state index is -4.61. The molecule has 1 unspecified atom stereocenters. The first-order chi connectivity index (χ1) is 25.4. The number of nitrogens with zero attached hydrogens (tertiary/aromatic N) is 2. The van der Waals surface area contributed by atoms with Gasteiger partial charge >= 0.3 is 6.18 Å². The SMILES string of the molecule is C=C(c1ccccc1)c1cccc(F)c1NC(=O)C(CCC)N/C(=C\CC)OC(=C\CC)/C(=C\C)C(=C\C(=C/C)C(F)(F)F)/c1cnc(CCC)nc1. The van der Waals surface area contributed by atoms with Crippen LogP contribution in [0.5, 0.6) is 0 Å². The minimum absolute atomic E-state index is 0.00497. The van der Waals surface area contributed by atoms with E-state index in [0.717, 1.165) is 24.1 Å². The first-order valence-corrected chi connectivity index (χ1v) is 18.0. The second-order valence-electron chi connectivity index (χ2n) is 12.2. The van der Waals surface area contributed by atoms with E-state index >= 15 is 4.39 Å². The molecule has 2 N–H and O–H groups in total. The van der Waals surface area contributed by atoms with Gasteiger partial charge in [-0.05, 0) is 80.5 Å². The zero-order valence-electron chi connectivity index (χ0n) is 31.4. The standard InChI is InChI=1S/C43H50F4N4O2/c1-8-18-37(42(52)51-41-34(24-17-25-36(41)44)29(7)30-22-15-14-16-23-30)50-40(21-11-4)53-38(19-9-2)33(13-6)35(26-32(12-5)43(45,46)47)31-27-48-39(20-10-3)49-28-31/h12-17,19,21-28,37,50H,7-11,18,20H2,1-6H3,(H,51,52)/b32-12+,33-13-,35-26-,38-19-,40-21+. The number of alkyl halides is 3. The van der Waals surface area contributed by atoms with E-state index in [1.165, 1.54) is 25.4 Å². The lowest BCUT2D eigenvalue weighted by molar-refractivity contribution is -0.118. The molecule has 3 aromatic rings. The summed E-state index contributed by atoms with van der Waals surface area (Å²) in [6.45, 7) is 14.9. The predicted octanol–water partition coefficient (Wildman–Crippen LogP) is 11.4. The second-order valence-corrected chi connectivity index (χ2v) is 12.2. The number of hydrogen-bond donors (Lipinski definition) is 2. The fraction of sp³-hybridized carbons (Fsp3) is 0.326. The van der Waals surface area contributed by atoms with Gasteiger partial charge in [-0.2, -0.15) is 13.2 Å². The molecule has 0 saturated carbocycles. The van der Waals surface area contributed by atoms with Gasteiger partial charge in [0.05, 0.1) is 11.3 Å². The van der Waals surface area contributed by atoms with Crippen LogP contribution < -0.4 is 10.6 Å². The lowest BCUT2D eigenvalue weighted by atomic mass is 9.95. The summed E-state index contributed by atoms with van der Waals surface area (Å²) in [5.41, 5.74) is 1.89. The quantitative estimate of drug-likeness (QED) is 0.0774. The van der Waals surface area contributed by atoms with Crippen LogP contribution in [0.1, 0.15) is 96.2 Å². The van der Waals surface area contributed by atoms with Crippen molar-refractivity contribution < 1.29 is 27.1 Å². The predicted molar refractivity (Wildman–Crippen MR) is 207 cm³/mol. The first kappa shape index (κ1) is 42.2. The minimum Gasteiger partial charge on any atom is -0.441 e. The molecule has 282 valence electrons. The smallest absolute Gasteiger partial charge is 0.416 e. The Hall–Kier alpha value is -5.25. The van der Waals surface area contributed by atoms with Crippen LogP contribution >= 0.6 is 0 Å². The number of halogens is 4. The number of aryl methyl sites for hydroxylation is 1. The van der Waals surface area contributed by atoms with E-state index in [-0.39, 0.29) is 22.9 Å². The van der Waals surface area contributed by atoms with Gasteiger partial charge in [-0.3, -0.25) is 4.79 Å². The lowest BCUT2D eigenvalue weighted by Crippen LogP contribution is -2.41. The van der Waals surface area contributed by atoms with Crippen LogP contribution in [0.15, 0.2) is 121 Å². The molecule has 0 aliphatic rings. The van der Waals surface area contributed by atoms with Crippen molar-refractivity contribution in [3.63, 3.8) is 0 Å². The van der Waals surface area contributed by atoms with Gasteiger partial charge in [0.15, 0.2) is 5.88 Å². The molecular weight excluding hydrogens is 680 g/mol. The summed E-state index contributed by atoms with van der Waals surface area (Å²) in [5.74, 6) is -0.0250. The average molecular weight is 731 g/mol. The van der Waals surface area contributed by atoms with Crippen LogP contribution in [-0.4, -0.2) is 28.1 Å². The Balaban J connectivity index is 2.02. The molecule has 10 heteroatoms. The molecule has 0 aliphatic carbocycles. The molecule has 0 saturated heterocycles. The van der Waals surface area contributed by atoms with Gasteiger partial charge in [-0.1, -0.05) is 95.3 Å². The Morgan fingerprint density at radius 3 is 2.15 bits per heavy atom. The van der Waals surface area contributed by atoms with E-state index in [2.05, 4.69) is 27.2 Å². The maximum Gasteiger partial charge on any atom is 0.416 e. The van der Waals surface area contributed by atoms with Crippen molar-refractivity contribution in [2.75, 3.05) is 5.32 Å². The largest absolute Gasteiger partial charge is 0.441 e. The van der Waals surface area contributed by atoms with Gasteiger partial charge in [0.2, 0.25) is 5.91 Å². The number of carbonyl (C=O) groups excluding carboxylic acids is 1. The van der Waals surface area contributed by atoms with Crippen LogP contribution in [-0.2, 0) is 16.0 Å². The lowest BCUT2D eigenvalue weighted by Gasteiger charge is -2.24. The average Bonchev–Trinajstić information content (AvgIpc) is 3.14. The van der Waals surface area contributed by atoms with Crippen LogP contribution in [0.25, 0.3) is 11.1 Å². The Morgan fingerprint density at radius 1 is 0.906 bits per heavy atom. The highest BCUT2D eigenvalue weighted by molar-refractivity contribution is 5.99. The fourth-order valence-electron chi connectivity index (χ4n) is 5.54. The van der Waals surface area contributed by atoms with Crippen molar-refractivity contribution in [3.8, 4) is 0 Å². The summed E-state index contributed by atoms with van der Waals surface area (Å²) in [6.07, 6.45) is 9.11. The molecule has 2 aromatic carbocycles. The zero-order chi connectivity index (χ0) is 39.0. The Morgan fingerprint density at radius 2 is 1.58 bits per heavy atom. The molecule has 0 fully saturated rings. The number of anilines is 1. The molecule has 1 aromatic heterocycles. The van der Waals surface area contributed by atoms with Gasteiger partial charge in [-0.15, -0.1) is 0 Å². The number of para-hydroxylation sites is 1. The normalized spacial score (nSPS) is 13.8. The summed E-state index contributed by atoms with van der Waals surface area (Å²) in [6, 6.07) is 13.0. The maximum atomic E-state index is 15.4. The molecule has 3 rings (SSSR count). The van der Waals surface area contributed by atoms with Crippen molar-refractivity contribution in [1.82, 2.24) is 15.3 Å². The Kier molecular flexibility index (Phi) is 16.5. The number of rotatable bonds is 18. The summed E-state index contributed by atoms with van der Waals surface area (Å²) in [5, 5.41) is 5.99. The van der Waals surface area contributed by atoms with E-state index in [0.29, 0.717) is 60.2 Å². The van der Waals surface area contributed by atoms with Crippen molar-refractivity contribution in [2.45, 2.75) is 92.3 Å². The van der Waals surface area contributed by atoms with Gasteiger partial charge in [-0.25, -0.2) is 14.4 Å². The summed E-state index contributed by atoms with van der Waals surface area (Å²) in [7, 11) is 0. The fourth-order valence-corrected chi connectivity index (χ4v) is 5.54. The third-order valence-corrected chi connectivity index (χ3v) is 8.19. The Labute approximate surface area is 311 Å². The number of aromatic nitrogens is 2. The number of hydrogen-bond acceptors (Lipinski definition) is 5. The molecule has 1 heterocycles. The third-order valence-electron chi connectivity index (χ3n) is 8.19. The molecule has 1 amide bonds. The molecule has 53 heavy (non-hydrogen) atoms. The van der Waals surface area contributed by atoms with Crippen LogP contribution in [0.4, 0.5) is 23.2 Å². The molecule has 0 bridgehead atoms. The molecular formula is C43H50F4N4O2. The van der Waals surface area contributed by atoms with E-state index in [4.69, 9.17) is 4.74 Å². The molecule has 0 aliphatic heterocycles. The van der Waals surface area contributed by atoms with Crippen LogP contribution in [0.3, 0.4) is 0 Å². The second kappa shape index (κ2) is 20.7. The summed E-state index contributed by atoms with van der Waals surface area (Å²) >= 11 is 0. The topological polar surface area (TPSA) is 76.1 Å². The number of nitrogens with one attached hydrogen (secondary N) is 2. The monoisotopic (exact) mass is 730 g/mol. The zero-order valence-corrected chi connectivity index (χ0v) is 31.4. The number of allylic oxidation sites excluding steroid dienone is 7.